The first kappa shape index (κ1) is 14.2. The van der Waals surface area contributed by atoms with E-state index in [1.807, 2.05) is 32.9 Å². The fourth-order valence-corrected chi connectivity index (χ4v) is 2.05. The zero-order valence-corrected chi connectivity index (χ0v) is 12.0. The van der Waals surface area contributed by atoms with Gasteiger partial charge in [0.2, 0.25) is 0 Å². The fourth-order valence-electron chi connectivity index (χ4n) is 1.59. The van der Waals surface area contributed by atoms with Gasteiger partial charge in [0.1, 0.15) is 0 Å². The topological polar surface area (TPSA) is 49.3 Å². The summed E-state index contributed by atoms with van der Waals surface area (Å²) in [6, 6.07) is 3.80. The highest BCUT2D eigenvalue weighted by Gasteiger charge is 2.13. The normalized spacial score (nSPS) is 12.3. The molecule has 0 bridgehead atoms. The Morgan fingerprint density at radius 3 is 2.65 bits per heavy atom. The van der Waals surface area contributed by atoms with Crippen LogP contribution in [0.3, 0.4) is 0 Å². The lowest BCUT2D eigenvalue weighted by molar-refractivity contribution is 0.0933. The van der Waals surface area contributed by atoms with E-state index in [-0.39, 0.29) is 18.6 Å². The van der Waals surface area contributed by atoms with Crippen LogP contribution in [0.4, 0.5) is 0 Å². The smallest absolute Gasteiger partial charge is 0.251 e. The van der Waals surface area contributed by atoms with Gasteiger partial charge in [-0.1, -0.05) is 15.9 Å². The fraction of sp³-hybridized carbons (Fsp3) is 0.462. The van der Waals surface area contributed by atoms with Gasteiger partial charge in [0.05, 0.1) is 0 Å². The van der Waals surface area contributed by atoms with E-state index in [2.05, 4.69) is 21.2 Å². The molecule has 4 heteroatoms. The van der Waals surface area contributed by atoms with Gasteiger partial charge >= 0.3 is 0 Å². The number of hydrogen-bond donors (Lipinski definition) is 2. The van der Waals surface area contributed by atoms with Gasteiger partial charge in [0, 0.05) is 22.7 Å². The van der Waals surface area contributed by atoms with Gasteiger partial charge in [-0.2, -0.15) is 0 Å². The number of aryl methyl sites for hydroxylation is 2. The Labute approximate surface area is 110 Å². The minimum Gasteiger partial charge on any atom is -0.396 e. The molecule has 94 valence electrons. The summed E-state index contributed by atoms with van der Waals surface area (Å²) in [4.78, 5) is 12.0. The summed E-state index contributed by atoms with van der Waals surface area (Å²) in [5, 5.41) is 11.7. The van der Waals surface area contributed by atoms with Crippen LogP contribution in [-0.4, -0.2) is 23.7 Å². The molecule has 0 aliphatic rings. The van der Waals surface area contributed by atoms with E-state index in [1.165, 1.54) is 0 Å². The maximum Gasteiger partial charge on any atom is 0.251 e. The summed E-state index contributed by atoms with van der Waals surface area (Å²) in [7, 11) is 0. The lowest BCUT2D eigenvalue weighted by Gasteiger charge is -2.14. The number of benzene rings is 1. The van der Waals surface area contributed by atoms with Gasteiger partial charge in [-0.05, 0) is 50.5 Å². The van der Waals surface area contributed by atoms with Crippen LogP contribution in [0.5, 0.6) is 0 Å². The van der Waals surface area contributed by atoms with E-state index in [0.29, 0.717) is 12.0 Å². The number of aliphatic hydroxyl groups excluding tert-OH is 1. The molecular formula is C13H18BrNO2. The number of aliphatic hydroxyl groups is 1. The lowest BCUT2D eigenvalue weighted by Crippen LogP contribution is -2.33. The molecule has 1 unspecified atom stereocenters. The number of hydrogen-bond acceptors (Lipinski definition) is 2. The van der Waals surface area contributed by atoms with Crippen LogP contribution < -0.4 is 5.32 Å². The van der Waals surface area contributed by atoms with Crippen LogP contribution >= 0.6 is 15.9 Å². The molecule has 3 nitrogen and oxygen atoms in total. The number of rotatable bonds is 4. The molecule has 1 aromatic carbocycles. The van der Waals surface area contributed by atoms with E-state index in [9.17, 15) is 4.79 Å². The van der Waals surface area contributed by atoms with E-state index < -0.39 is 0 Å². The van der Waals surface area contributed by atoms with Gasteiger partial charge in [-0.25, -0.2) is 0 Å². The molecule has 0 spiro atoms. The molecule has 0 radical (unpaired) electrons. The number of carbonyl (C=O) groups is 1. The number of halogens is 1. The third-order valence-corrected chi connectivity index (χ3v) is 3.54. The maximum atomic E-state index is 12.0. The third-order valence-electron chi connectivity index (χ3n) is 2.69. The molecule has 0 saturated heterocycles. The Balaban J connectivity index is 2.86. The SMILES string of the molecule is Cc1cc(C(=O)NC(C)CCO)c(C)cc1Br. The lowest BCUT2D eigenvalue weighted by atomic mass is 10.0. The average Bonchev–Trinajstić information content (AvgIpc) is 2.23. The standard InChI is InChI=1S/C13H18BrNO2/c1-8-7-12(14)9(2)6-11(8)13(17)15-10(3)4-5-16/h6-7,10,16H,4-5H2,1-3H3,(H,15,17). The minimum atomic E-state index is -0.0842. The van der Waals surface area contributed by atoms with Crippen molar-refractivity contribution in [2.24, 2.45) is 0 Å². The monoisotopic (exact) mass is 299 g/mol. The number of amides is 1. The second-order valence-corrected chi connectivity index (χ2v) is 5.16. The molecule has 1 amide bonds. The van der Waals surface area contributed by atoms with E-state index in [4.69, 9.17) is 5.11 Å². The average molecular weight is 300 g/mol. The first-order valence-electron chi connectivity index (χ1n) is 5.64. The summed E-state index contributed by atoms with van der Waals surface area (Å²) in [5.74, 6) is -0.0842. The van der Waals surface area contributed by atoms with Crippen molar-refractivity contribution in [1.82, 2.24) is 5.32 Å². The third kappa shape index (κ3) is 3.82. The van der Waals surface area contributed by atoms with E-state index in [0.717, 1.165) is 15.6 Å². The number of carbonyl (C=O) groups excluding carboxylic acids is 1. The summed E-state index contributed by atoms with van der Waals surface area (Å²) in [6.07, 6.45) is 0.570. The van der Waals surface area contributed by atoms with Crippen molar-refractivity contribution in [3.05, 3.63) is 33.3 Å². The summed E-state index contributed by atoms with van der Waals surface area (Å²) >= 11 is 3.44. The van der Waals surface area contributed by atoms with Crippen LogP contribution in [-0.2, 0) is 0 Å². The molecule has 0 fully saturated rings. The molecule has 1 aromatic rings. The zero-order valence-electron chi connectivity index (χ0n) is 10.4. The van der Waals surface area contributed by atoms with Crippen molar-refractivity contribution < 1.29 is 9.90 Å². The van der Waals surface area contributed by atoms with Gasteiger partial charge in [0.25, 0.3) is 5.91 Å². The molecule has 0 saturated carbocycles. The first-order valence-corrected chi connectivity index (χ1v) is 6.43. The van der Waals surface area contributed by atoms with Crippen molar-refractivity contribution in [2.75, 3.05) is 6.61 Å². The molecule has 0 aromatic heterocycles. The summed E-state index contributed by atoms with van der Waals surface area (Å²) in [6.45, 7) is 5.84. The molecule has 17 heavy (non-hydrogen) atoms. The predicted octanol–water partition coefficient (Wildman–Crippen LogP) is 2.57. The Morgan fingerprint density at radius 2 is 2.06 bits per heavy atom. The van der Waals surface area contributed by atoms with Crippen molar-refractivity contribution >= 4 is 21.8 Å². The molecule has 2 N–H and O–H groups in total. The quantitative estimate of drug-likeness (QED) is 0.898. The second-order valence-electron chi connectivity index (χ2n) is 4.30. The molecule has 1 atom stereocenters. The van der Waals surface area contributed by atoms with Gasteiger partial charge < -0.3 is 10.4 Å². The van der Waals surface area contributed by atoms with Gasteiger partial charge in [-0.15, -0.1) is 0 Å². The Hall–Kier alpha value is -0.870. The molecule has 1 rings (SSSR count). The Kier molecular flexibility index (Phi) is 5.15. The Morgan fingerprint density at radius 1 is 1.41 bits per heavy atom. The van der Waals surface area contributed by atoms with Gasteiger partial charge in [-0.3, -0.25) is 4.79 Å². The molecule has 0 aliphatic heterocycles. The maximum absolute atomic E-state index is 12.0. The predicted molar refractivity (Wildman–Crippen MR) is 72.2 cm³/mol. The molecular weight excluding hydrogens is 282 g/mol. The van der Waals surface area contributed by atoms with Crippen LogP contribution in [0.25, 0.3) is 0 Å². The number of nitrogens with one attached hydrogen (secondary N) is 1. The van der Waals surface area contributed by atoms with Crippen LogP contribution in [0, 0.1) is 13.8 Å². The van der Waals surface area contributed by atoms with E-state index in [1.54, 1.807) is 0 Å². The zero-order chi connectivity index (χ0) is 13.0. The van der Waals surface area contributed by atoms with E-state index >= 15 is 0 Å². The van der Waals surface area contributed by atoms with Crippen molar-refractivity contribution in [3.63, 3.8) is 0 Å². The van der Waals surface area contributed by atoms with Crippen molar-refractivity contribution in [3.8, 4) is 0 Å². The minimum absolute atomic E-state index is 0.0177. The highest BCUT2D eigenvalue weighted by atomic mass is 79.9. The van der Waals surface area contributed by atoms with Crippen LogP contribution in [0.1, 0.15) is 34.8 Å². The van der Waals surface area contributed by atoms with Crippen molar-refractivity contribution in [2.45, 2.75) is 33.2 Å². The summed E-state index contributed by atoms with van der Waals surface area (Å²) in [5.41, 5.74) is 2.67. The second kappa shape index (κ2) is 6.17. The molecule has 0 heterocycles. The summed E-state index contributed by atoms with van der Waals surface area (Å²) < 4.78 is 1.01. The van der Waals surface area contributed by atoms with Crippen LogP contribution in [0.2, 0.25) is 0 Å². The van der Waals surface area contributed by atoms with Crippen molar-refractivity contribution in [1.29, 1.82) is 0 Å². The van der Waals surface area contributed by atoms with Crippen LogP contribution in [0.15, 0.2) is 16.6 Å². The molecule has 0 aliphatic carbocycles. The highest BCUT2D eigenvalue weighted by molar-refractivity contribution is 9.10. The Bertz CT molecular complexity index is 418. The highest BCUT2D eigenvalue weighted by Crippen LogP contribution is 2.21. The largest absolute Gasteiger partial charge is 0.396 e. The first-order chi connectivity index (χ1) is 7.95. The van der Waals surface area contributed by atoms with Gasteiger partial charge in [0.15, 0.2) is 0 Å².